The highest BCUT2D eigenvalue weighted by atomic mass is 32.1. The quantitative estimate of drug-likeness (QED) is 0.479. The maximum absolute atomic E-state index is 12.9. The predicted molar refractivity (Wildman–Crippen MR) is 123 cm³/mol. The van der Waals surface area contributed by atoms with Gasteiger partial charge in [-0.25, -0.2) is 4.79 Å². The SMILES string of the molecule is CCCOC(=O)c1c(-c2ccc(-c3ccccc3)cc2)csc1NC(=O)[C@@H]1CCCO1. The molecule has 1 atom stereocenters. The second kappa shape index (κ2) is 9.90. The van der Waals surface area contributed by atoms with Gasteiger partial charge >= 0.3 is 5.97 Å². The van der Waals surface area contributed by atoms with E-state index in [-0.39, 0.29) is 5.91 Å². The number of nitrogens with one attached hydrogen (secondary N) is 1. The molecule has 160 valence electrons. The monoisotopic (exact) mass is 435 g/mol. The normalized spacial score (nSPS) is 15.6. The van der Waals surface area contributed by atoms with Gasteiger partial charge in [-0.15, -0.1) is 11.3 Å². The molecule has 5 nitrogen and oxygen atoms in total. The van der Waals surface area contributed by atoms with Gasteiger partial charge < -0.3 is 14.8 Å². The zero-order chi connectivity index (χ0) is 21.6. The second-order valence-corrected chi connectivity index (χ2v) is 8.30. The lowest BCUT2D eigenvalue weighted by molar-refractivity contribution is -0.124. The Morgan fingerprint density at radius 1 is 1.06 bits per heavy atom. The smallest absolute Gasteiger partial charge is 0.341 e. The van der Waals surface area contributed by atoms with Crippen LogP contribution in [0.4, 0.5) is 5.00 Å². The van der Waals surface area contributed by atoms with Crippen LogP contribution in [0, 0.1) is 0 Å². The van der Waals surface area contributed by atoms with Crippen LogP contribution in [-0.4, -0.2) is 31.2 Å². The Labute approximate surface area is 186 Å². The summed E-state index contributed by atoms with van der Waals surface area (Å²) in [5.74, 6) is -0.636. The fourth-order valence-electron chi connectivity index (χ4n) is 3.58. The minimum Gasteiger partial charge on any atom is -0.462 e. The standard InChI is InChI=1S/C25H25NO4S/c1-2-14-30-25(28)22-20(16-31-24(22)26-23(27)21-9-6-15-29-21)19-12-10-18(11-13-19)17-7-4-3-5-8-17/h3-5,7-8,10-13,16,21H,2,6,9,14-15H2,1H3,(H,26,27)/t21-/m0/s1. The van der Waals surface area contributed by atoms with E-state index in [4.69, 9.17) is 9.47 Å². The highest BCUT2D eigenvalue weighted by Crippen LogP contribution is 2.37. The molecule has 0 aliphatic carbocycles. The lowest BCUT2D eigenvalue weighted by Gasteiger charge is -2.12. The van der Waals surface area contributed by atoms with Crippen molar-refractivity contribution in [1.82, 2.24) is 0 Å². The third-order valence-corrected chi connectivity index (χ3v) is 6.09. The summed E-state index contributed by atoms with van der Waals surface area (Å²) in [6, 6.07) is 18.2. The number of amides is 1. The predicted octanol–water partition coefficient (Wildman–Crippen LogP) is 5.77. The van der Waals surface area contributed by atoms with E-state index >= 15 is 0 Å². The molecule has 6 heteroatoms. The summed E-state index contributed by atoms with van der Waals surface area (Å²) in [7, 11) is 0. The average molecular weight is 436 g/mol. The summed E-state index contributed by atoms with van der Waals surface area (Å²) >= 11 is 1.33. The van der Waals surface area contributed by atoms with Crippen LogP contribution in [0.2, 0.25) is 0 Å². The fourth-order valence-corrected chi connectivity index (χ4v) is 4.54. The summed E-state index contributed by atoms with van der Waals surface area (Å²) in [5, 5.41) is 5.29. The van der Waals surface area contributed by atoms with Gasteiger partial charge in [0.25, 0.3) is 5.91 Å². The van der Waals surface area contributed by atoms with Crippen LogP contribution in [0.25, 0.3) is 22.3 Å². The van der Waals surface area contributed by atoms with Crippen LogP contribution in [0.15, 0.2) is 60.0 Å². The fraction of sp³-hybridized carbons (Fsp3) is 0.280. The molecule has 2 aromatic carbocycles. The van der Waals surface area contributed by atoms with Crippen LogP contribution < -0.4 is 5.32 Å². The summed E-state index contributed by atoms with van der Waals surface area (Å²) in [6.45, 7) is 2.87. The summed E-state index contributed by atoms with van der Waals surface area (Å²) < 4.78 is 10.9. The number of benzene rings is 2. The van der Waals surface area contributed by atoms with Crippen molar-refractivity contribution in [3.05, 3.63) is 65.5 Å². The van der Waals surface area contributed by atoms with Gasteiger partial charge in [0, 0.05) is 17.6 Å². The summed E-state index contributed by atoms with van der Waals surface area (Å²) in [6.07, 6.45) is 1.83. The molecule has 0 unspecified atom stereocenters. The van der Waals surface area contributed by atoms with Gasteiger partial charge in [0.1, 0.15) is 16.7 Å². The first-order valence-electron chi connectivity index (χ1n) is 10.5. The Morgan fingerprint density at radius 3 is 2.45 bits per heavy atom. The molecule has 1 fully saturated rings. The Hall–Kier alpha value is -2.96. The molecule has 4 rings (SSSR count). The third kappa shape index (κ3) is 4.86. The van der Waals surface area contributed by atoms with Gasteiger partial charge in [0.05, 0.1) is 6.61 Å². The molecule has 2 heterocycles. The topological polar surface area (TPSA) is 64.6 Å². The number of rotatable bonds is 7. The lowest BCUT2D eigenvalue weighted by Crippen LogP contribution is -2.27. The molecule has 1 aromatic heterocycles. The van der Waals surface area contributed by atoms with Gasteiger partial charge in [-0.05, 0) is 36.0 Å². The van der Waals surface area contributed by atoms with E-state index in [1.54, 1.807) is 0 Å². The van der Waals surface area contributed by atoms with Crippen molar-refractivity contribution in [1.29, 1.82) is 0 Å². The first kappa shape index (κ1) is 21.3. The van der Waals surface area contributed by atoms with Gasteiger partial charge in [-0.1, -0.05) is 61.5 Å². The van der Waals surface area contributed by atoms with Crippen molar-refractivity contribution in [2.45, 2.75) is 32.3 Å². The molecule has 1 saturated heterocycles. The molecule has 0 saturated carbocycles. The van der Waals surface area contributed by atoms with Gasteiger partial charge in [-0.3, -0.25) is 4.79 Å². The number of carbonyl (C=O) groups is 2. The molecular weight excluding hydrogens is 410 g/mol. The number of ether oxygens (including phenoxy) is 2. The first-order chi connectivity index (χ1) is 15.2. The molecule has 31 heavy (non-hydrogen) atoms. The van der Waals surface area contributed by atoms with E-state index in [2.05, 4.69) is 17.4 Å². The van der Waals surface area contributed by atoms with Crippen molar-refractivity contribution in [3.8, 4) is 22.3 Å². The van der Waals surface area contributed by atoms with Crippen molar-refractivity contribution in [2.24, 2.45) is 0 Å². The van der Waals surface area contributed by atoms with Gasteiger partial charge in [0.15, 0.2) is 0 Å². The Balaban J connectivity index is 1.64. The Kier molecular flexibility index (Phi) is 6.79. The molecule has 1 aliphatic rings. The van der Waals surface area contributed by atoms with E-state index in [0.29, 0.717) is 30.2 Å². The molecule has 0 spiro atoms. The van der Waals surface area contributed by atoms with Crippen molar-refractivity contribution >= 4 is 28.2 Å². The number of carbonyl (C=O) groups excluding carboxylic acids is 2. The molecule has 3 aromatic rings. The molecular formula is C25H25NO4S. The number of esters is 1. The lowest BCUT2D eigenvalue weighted by atomic mass is 9.99. The highest BCUT2D eigenvalue weighted by molar-refractivity contribution is 7.15. The average Bonchev–Trinajstić information content (AvgIpc) is 3.49. The summed E-state index contributed by atoms with van der Waals surface area (Å²) in [4.78, 5) is 25.4. The van der Waals surface area contributed by atoms with Crippen molar-refractivity contribution in [2.75, 3.05) is 18.5 Å². The van der Waals surface area contributed by atoms with E-state index in [0.717, 1.165) is 35.1 Å². The van der Waals surface area contributed by atoms with Gasteiger partial charge in [-0.2, -0.15) is 0 Å². The minimum absolute atomic E-state index is 0.213. The minimum atomic E-state index is -0.463. The van der Waals surface area contributed by atoms with Crippen LogP contribution in [0.3, 0.4) is 0 Å². The largest absolute Gasteiger partial charge is 0.462 e. The zero-order valence-electron chi connectivity index (χ0n) is 17.4. The van der Waals surface area contributed by atoms with Gasteiger partial charge in [0.2, 0.25) is 0 Å². The Morgan fingerprint density at radius 2 is 1.77 bits per heavy atom. The van der Waals surface area contributed by atoms with E-state index in [9.17, 15) is 9.59 Å². The van der Waals surface area contributed by atoms with E-state index in [1.165, 1.54) is 11.3 Å². The number of anilines is 1. The third-order valence-electron chi connectivity index (χ3n) is 5.19. The maximum Gasteiger partial charge on any atom is 0.341 e. The molecule has 1 aliphatic heterocycles. The van der Waals surface area contributed by atoms with Crippen LogP contribution >= 0.6 is 11.3 Å². The Bertz CT molecular complexity index is 1040. The maximum atomic E-state index is 12.9. The number of hydrogen-bond acceptors (Lipinski definition) is 5. The first-order valence-corrected chi connectivity index (χ1v) is 11.4. The van der Waals surface area contributed by atoms with E-state index in [1.807, 2.05) is 54.8 Å². The zero-order valence-corrected chi connectivity index (χ0v) is 18.2. The van der Waals surface area contributed by atoms with Crippen LogP contribution in [0.1, 0.15) is 36.5 Å². The number of hydrogen-bond donors (Lipinski definition) is 1. The molecule has 0 radical (unpaired) electrons. The highest BCUT2D eigenvalue weighted by Gasteiger charge is 2.28. The number of thiophene rings is 1. The summed E-state index contributed by atoms with van der Waals surface area (Å²) in [5.41, 5.74) is 4.29. The van der Waals surface area contributed by atoms with Crippen molar-refractivity contribution in [3.63, 3.8) is 0 Å². The molecule has 1 amide bonds. The molecule has 1 N–H and O–H groups in total. The van der Waals surface area contributed by atoms with Crippen LogP contribution in [0.5, 0.6) is 0 Å². The molecule has 0 bridgehead atoms. The van der Waals surface area contributed by atoms with Crippen molar-refractivity contribution < 1.29 is 19.1 Å². The van der Waals surface area contributed by atoms with Crippen LogP contribution in [-0.2, 0) is 14.3 Å². The second-order valence-electron chi connectivity index (χ2n) is 7.42. The van der Waals surface area contributed by atoms with E-state index < -0.39 is 12.1 Å².